The topological polar surface area (TPSA) is 147 Å². The fourth-order valence-electron chi connectivity index (χ4n) is 11.9. The minimum atomic E-state index is -1.86. The highest BCUT2D eigenvalue weighted by Crippen LogP contribution is 2.80. The number of likely N-dealkylation sites (tertiary alicyclic amines) is 1. The van der Waals surface area contributed by atoms with Gasteiger partial charge in [-0.2, -0.15) is 0 Å². The molecular formula is C32H45NO10. The number of fused-ring (bicyclic) bond motifs is 2. The first kappa shape index (κ1) is 30.0. The lowest BCUT2D eigenvalue weighted by Crippen LogP contribution is -2.81. The van der Waals surface area contributed by atoms with Gasteiger partial charge in [-0.25, -0.2) is 4.79 Å². The molecule has 238 valence electrons. The second-order valence-corrected chi connectivity index (χ2v) is 13.9. The molecule has 0 amide bonds. The van der Waals surface area contributed by atoms with Gasteiger partial charge in [-0.15, -0.1) is 0 Å². The Morgan fingerprint density at radius 3 is 2.33 bits per heavy atom. The molecule has 11 nitrogen and oxygen atoms in total. The third-order valence-electron chi connectivity index (χ3n) is 12.9. The quantitative estimate of drug-likeness (QED) is 0.300. The molecule has 6 fully saturated rings. The Bertz CT molecular complexity index is 1250. The van der Waals surface area contributed by atoms with Crippen LogP contribution in [0.4, 0.5) is 0 Å². The van der Waals surface area contributed by atoms with Crippen LogP contribution in [-0.4, -0.2) is 133 Å². The standard InChI is InChI=1S/C32H45NO10/c1-6-33-14-29(15-39-2)18(34)12-19(40-3)31-17-13-30(37)26(43-28(36)16-10-8-7-9-11-16)20(17)32(38,25(35)27(30)42-5)21(24(31)33)22(41-4)23(29)31/h7-11,17-27,34-35,37-38H,6,12-15H2,1-5H3/t17-,18-,19+,20-,21+,22-,23-,24-,25+,26-,27+,29+,30-,31+,32+/m1/s1. The van der Waals surface area contributed by atoms with Gasteiger partial charge in [0.25, 0.3) is 0 Å². The number of aliphatic hydroxyl groups is 4. The highest BCUT2D eigenvalue weighted by molar-refractivity contribution is 5.89. The van der Waals surface area contributed by atoms with E-state index in [0.29, 0.717) is 25.1 Å². The molecule has 7 rings (SSSR count). The summed E-state index contributed by atoms with van der Waals surface area (Å²) in [5.74, 6) is -2.94. The summed E-state index contributed by atoms with van der Waals surface area (Å²) in [7, 11) is 6.29. The molecule has 1 aliphatic heterocycles. The third kappa shape index (κ3) is 3.28. The summed E-state index contributed by atoms with van der Waals surface area (Å²) in [6.45, 7) is 3.46. The molecule has 1 heterocycles. The molecule has 5 aliphatic carbocycles. The molecule has 15 atom stereocenters. The normalized spacial score (nSPS) is 52.7. The SMILES string of the molecule is CCN1C[C@]2(COC)[C@H](O)C[C@H](OC)[C@@]34[C@@H]5C[C@@]6(O)[C@H](OC(=O)c7ccccc7)[C@@H]5[C@](O)([C@@H]([C@@H](OC)[C@H]23)[C@@H]14)[C@@H](O)[C@@H]6OC. The number of hydrogen-bond acceptors (Lipinski definition) is 11. The number of nitrogens with zero attached hydrogens (tertiary/aromatic N) is 1. The van der Waals surface area contributed by atoms with Gasteiger partial charge in [-0.1, -0.05) is 25.1 Å². The van der Waals surface area contributed by atoms with Crippen LogP contribution in [0, 0.1) is 34.5 Å². The van der Waals surface area contributed by atoms with Crippen LogP contribution in [0.2, 0.25) is 0 Å². The number of benzene rings is 1. The molecular weight excluding hydrogens is 558 g/mol. The molecule has 4 N–H and O–H groups in total. The first-order chi connectivity index (χ1) is 20.6. The lowest BCUT2D eigenvalue weighted by Gasteiger charge is -2.70. The van der Waals surface area contributed by atoms with Crippen LogP contribution in [0.25, 0.3) is 0 Å². The van der Waals surface area contributed by atoms with Gasteiger partial charge in [0.2, 0.25) is 0 Å². The van der Waals surface area contributed by atoms with Crippen molar-refractivity contribution < 1.29 is 48.9 Å². The highest BCUT2D eigenvalue weighted by Gasteiger charge is 2.91. The molecule has 1 aromatic rings. The van der Waals surface area contributed by atoms with E-state index < -0.39 is 82.4 Å². The fraction of sp³-hybridized carbons (Fsp3) is 0.781. The van der Waals surface area contributed by atoms with Gasteiger partial charge in [0.1, 0.15) is 29.5 Å². The number of esters is 1. The van der Waals surface area contributed by atoms with E-state index in [0.717, 1.165) is 0 Å². The maximum absolute atomic E-state index is 13.6. The van der Waals surface area contributed by atoms with Gasteiger partial charge in [0.05, 0.1) is 30.5 Å². The summed E-state index contributed by atoms with van der Waals surface area (Å²) in [5, 5.41) is 49.7. The van der Waals surface area contributed by atoms with E-state index in [2.05, 4.69) is 11.8 Å². The molecule has 0 aromatic heterocycles. The second kappa shape index (κ2) is 9.91. The van der Waals surface area contributed by atoms with E-state index in [4.69, 9.17) is 23.7 Å². The van der Waals surface area contributed by atoms with Crippen LogP contribution in [0.15, 0.2) is 30.3 Å². The largest absolute Gasteiger partial charge is 0.455 e. The molecule has 1 aromatic carbocycles. The zero-order chi connectivity index (χ0) is 30.7. The minimum Gasteiger partial charge on any atom is -0.455 e. The van der Waals surface area contributed by atoms with Gasteiger partial charge < -0.3 is 44.1 Å². The first-order valence-corrected chi connectivity index (χ1v) is 15.5. The number of carbonyl (C=O) groups is 1. The summed E-state index contributed by atoms with van der Waals surface area (Å²) >= 11 is 0. The van der Waals surface area contributed by atoms with E-state index in [1.807, 2.05) is 0 Å². The Morgan fingerprint density at radius 1 is 1.00 bits per heavy atom. The monoisotopic (exact) mass is 603 g/mol. The number of rotatable bonds is 8. The van der Waals surface area contributed by atoms with E-state index in [1.54, 1.807) is 51.7 Å². The van der Waals surface area contributed by atoms with Crippen molar-refractivity contribution in [3.63, 3.8) is 0 Å². The Labute approximate surface area is 252 Å². The summed E-state index contributed by atoms with van der Waals surface area (Å²) in [6.07, 6.45) is -5.27. The maximum Gasteiger partial charge on any atom is 0.338 e. The van der Waals surface area contributed by atoms with Gasteiger partial charge in [-0.3, -0.25) is 4.90 Å². The second-order valence-electron chi connectivity index (χ2n) is 13.9. The van der Waals surface area contributed by atoms with Crippen molar-refractivity contribution in [2.24, 2.45) is 34.5 Å². The Morgan fingerprint density at radius 2 is 1.72 bits per heavy atom. The van der Waals surface area contributed by atoms with Crippen LogP contribution in [-0.2, 0) is 23.7 Å². The van der Waals surface area contributed by atoms with Gasteiger partial charge >= 0.3 is 5.97 Å². The van der Waals surface area contributed by atoms with E-state index in [1.165, 1.54) is 7.11 Å². The van der Waals surface area contributed by atoms with Crippen molar-refractivity contribution in [2.45, 2.75) is 73.6 Å². The smallest absolute Gasteiger partial charge is 0.338 e. The minimum absolute atomic E-state index is 0.106. The highest BCUT2D eigenvalue weighted by atomic mass is 16.6. The van der Waals surface area contributed by atoms with E-state index in [9.17, 15) is 25.2 Å². The Balaban J connectivity index is 1.48. The molecule has 0 unspecified atom stereocenters. The first-order valence-electron chi connectivity index (χ1n) is 15.5. The summed E-state index contributed by atoms with van der Waals surface area (Å²) in [6, 6.07) is 8.25. The number of carbonyl (C=O) groups excluding carboxylic acids is 1. The van der Waals surface area contributed by atoms with Crippen molar-refractivity contribution in [3.8, 4) is 0 Å². The zero-order valence-corrected chi connectivity index (χ0v) is 25.5. The molecule has 0 radical (unpaired) electrons. The Hall–Kier alpha value is -1.67. The molecule has 11 heteroatoms. The molecule has 43 heavy (non-hydrogen) atoms. The van der Waals surface area contributed by atoms with Crippen molar-refractivity contribution in [1.29, 1.82) is 0 Å². The number of ether oxygens (including phenoxy) is 5. The van der Waals surface area contributed by atoms with Crippen molar-refractivity contribution in [2.75, 3.05) is 48.1 Å². The van der Waals surface area contributed by atoms with Gasteiger partial charge in [0, 0.05) is 76.0 Å². The van der Waals surface area contributed by atoms with E-state index in [-0.39, 0.29) is 25.0 Å². The maximum atomic E-state index is 13.6. The summed E-state index contributed by atoms with van der Waals surface area (Å²) in [5.41, 5.74) is -4.81. The summed E-state index contributed by atoms with van der Waals surface area (Å²) < 4.78 is 30.5. The average Bonchev–Trinajstić information content (AvgIpc) is 3.39. The Kier molecular flexibility index (Phi) is 6.92. The predicted molar refractivity (Wildman–Crippen MR) is 151 cm³/mol. The lowest BCUT2D eigenvalue weighted by atomic mass is 9.42. The van der Waals surface area contributed by atoms with Crippen LogP contribution < -0.4 is 0 Å². The van der Waals surface area contributed by atoms with Crippen molar-refractivity contribution in [1.82, 2.24) is 4.90 Å². The van der Waals surface area contributed by atoms with Crippen LogP contribution in [0.5, 0.6) is 0 Å². The summed E-state index contributed by atoms with van der Waals surface area (Å²) in [4.78, 5) is 15.8. The lowest BCUT2D eigenvalue weighted by molar-refractivity contribution is -0.320. The molecule has 1 saturated heterocycles. The number of methoxy groups -OCH3 is 4. The average molecular weight is 604 g/mol. The van der Waals surface area contributed by atoms with Crippen LogP contribution in [0.3, 0.4) is 0 Å². The zero-order valence-electron chi connectivity index (χ0n) is 25.5. The van der Waals surface area contributed by atoms with Crippen molar-refractivity contribution >= 4 is 5.97 Å². The molecule has 5 saturated carbocycles. The fourth-order valence-corrected chi connectivity index (χ4v) is 11.9. The third-order valence-corrected chi connectivity index (χ3v) is 12.9. The van der Waals surface area contributed by atoms with Crippen LogP contribution in [0.1, 0.15) is 30.1 Å². The molecule has 6 aliphatic rings. The van der Waals surface area contributed by atoms with Gasteiger partial charge in [-0.05, 0) is 31.0 Å². The molecule has 1 spiro atoms. The molecule has 7 bridgehead atoms. The van der Waals surface area contributed by atoms with Gasteiger partial charge in [0.15, 0.2) is 0 Å². The predicted octanol–water partition coefficient (Wildman–Crippen LogP) is 0.0773. The van der Waals surface area contributed by atoms with E-state index >= 15 is 0 Å². The van der Waals surface area contributed by atoms with Crippen molar-refractivity contribution in [3.05, 3.63) is 35.9 Å². The number of piperidine rings is 1. The number of aliphatic hydroxyl groups excluding tert-OH is 2. The number of hydrogen-bond donors (Lipinski definition) is 4. The van der Waals surface area contributed by atoms with Crippen LogP contribution >= 0.6 is 0 Å².